The fraction of sp³-hybridized carbons (Fsp3) is 0.800. The lowest BCUT2D eigenvalue weighted by molar-refractivity contribution is 0.181. The molecule has 1 rings (SSSR count). The molecular weight excluding hydrogens is 252 g/mol. The Balaban J connectivity index is 3.07. The van der Waals surface area contributed by atoms with Crippen molar-refractivity contribution in [2.75, 3.05) is 25.2 Å². The molecule has 0 saturated carbocycles. The average molecular weight is 282 g/mol. The van der Waals surface area contributed by atoms with Crippen LogP contribution in [-0.2, 0) is 18.3 Å². The van der Waals surface area contributed by atoms with E-state index in [1.54, 1.807) is 7.11 Å². The van der Waals surface area contributed by atoms with E-state index in [2.05, 4.69) is 49.9 Å². The molecule has 0 radical (unpaired) electrons. The quantitative estimate of drug-likeness (QED) is 0.793. The second-order valence-corrected chi connectivity index (χ2v) is 5.64. The third-order valence-corrected chi connectivity index (χ3v) is 3.55. The summed E-state index contributed by atoms with van der Waals surface area (Å²) in [4.78, 5) is 2.36. The fourth-order valence-corrected chi connectivity index (χ4v) is 2.56. The highest BCUT2D eigenvalue weighted by Crippen LogP contribution is 2.25. The van der Waals surface area contributed by atoms with Gasteiger partial charge >= 0.3 is 0 Å². The molecule has 0 fully saturated rings. The maximum absolute atomic E-state index is 5.31. The van der Waals surface area contributed by atoms with Crippen LogP contribution in [0.3, 0.4) is 0 Å². The molecule has 0 aliphatic heterocycles. The molecule has 1 atom stereocenters. The molecule has 0 spiro atoms. The summed E-state index contributed by atoms with van der Waals surface area (Å²) in [5, 5.41) is 8.09. The fourth-order valence-electron chi connectivity index (χ4n) is 2.56. The average Bonchev–Trinajstić information content (AvgIpc) is 2.63. The molecular formula is C15H30N4O. The molecule has 0 bridgehead atoms. The molecule has 1 aromatic rings. The van der Waals surface area contributed by atoms with E-state index in [-0.39, 0.29) is 0 Å². The molecule has 1 unspecified atom stereocenters. The number of rotatable bonds is 8. The van der Waals surface area contributed by atoms with Gasteiger partial charge < -0.3 is 15.0 Å². The van der Waals surface area contributed by atoms with Crippen LogP contribution in [0.4, 0.5) is 5.82 Å². The molecule has 116 valence electrons. The highest BCUT2D eigenvalue weighted by molar-refractivity contribution is 5.51. The van der Waals surface area contributed by atoms with Crippen molar-refractivity contribution in [3.8, 4) is 0 Å². The summed E-state index contributed by atoms with van der Waals surface area (Å²) in [6.45, 7) is 13.3. The number of aryl methyl sites for hydroxylation is 2. The van der Waals surface area contributed by atoms with Crippen LogP contribution in [0.5, 0.6) is 0 Å². The molecule has 1 heterocycles. The first-order valence-corrected chi connectivity index (χ1v) is 7.43. The molecule has 1 aromatic heterocycles. The molecule has 5 heteroatoms. The molecule has 0 aromatic carbocycles. The minimum absolute atomic E-state index is 0.331. The van der Waals surface area contributed by atoms with Gasteiger partial charge in [0.1, 0.15) is 5.82 Å². The number of nitrogens with zero attached hydrogens (tertiary/aromatic N) is 3. The number of methoxy groups -OCH3 is 1. The molecule has 0 aliphatic rings. The van der Waals surface area contributed by atoms with Crippen molar-refractivity contribution >= 4 is 5.82 Å². The number of anilines is 1. The van der Waals surface area contributed by atoms with Crippen LogP contribution in [-0.4, -0.2) is 42.1 Å². The lowest BCUT2D eigenvalue weighted by Gasteiger charge is -2.30. The van der Waals surface area contributed by atoms with Gasteiger partial charge in [-0.15, -0.1) is 0 Å². The minimum atomic E-state index is 0.331. The van der Waals surface area contributed by atoms with Gasteiger partial charge in [0.25, 0.3) is 0 Å². The van der Waals surface area contributed by atoms with Crippen LogP contribution < -0.4 is 10.2 Å². The van der Waals surface area contributed by atoms with Crippen molar-refractivity contribution in [3.05, 3.63) is 11.3 Å². The Morgan fingerprint density at radius 1 is 1.35 bits per heavy atom. The summed E-state index contributed by atoms with van der Waals surface area (Å²) < 4.78 is 7.29. The molecule has 0 amide bonds. The van der Waals surface area contributed by atoms with E-state index in [0.717, 1.165) is 25.4 Å². The highest BCUT2D eigenvalue weighted by atomic mass is 16.5. The molecule has 0 aliphatic carbocycles. The summed E-state index contributed by atoms with van der Waals surface area (Å²) in [6.07, 6.45) is 0. The first-order chi connectivity index (χ1) is 9.42. The summed E-state index contributed by atoms with van der Waals surface area (Å²) in [5.74, 6) is 1.20. The van der Waals surface area contributed by atoms with Gasteiger partial charge in [0.05, 0.1) is 18.3 Å². The van der Waals surface area contributed by atoms with E-state index in [9.17, 15) is 0 Å². The SMILES string of the molecule is CCN(c1c(CNC(C)C)c(C)nn1C)C(C)COC. The summed E-state index contributed by atoms with van der Waals surface area (Å²) in [6, 6.07) is 0.798. The minimum Gasteiger partial charge on any atom is -0.383 e. The Morgan fingerprint density at radius 3 is 2.50 bits per heavy atom. The van der Waals surface area contributed by atoms with Crippen LogP contribution in [0.2, 0.25) is 0 Å². The predicted octanol–water partition coefficient (Wildman–Crippen LogP) is 2.09. The van der Waals surface area contributed by atoms with Crippen LogP contribution in [0.15, 0.2) is 0 Å². The van der Waals surface area contributed by atoms with E-state index < -0.39 is 0 Å². The van der Waals surface area contributed by atoms with Crippen molar-refractivity contribution in [1.82, 2.24) is 15.1 Å². The zero-order valence-electron chi connectivity index (χ0n) is 14.0. The monoisotopic (exact) mass is 282 g/mol. The van der Waals surface area contributed by atoms with Crippen LogP contribution in [0.1, 0.15) is 39.0 Å². The van der Waals surface area contributed by atoms with Gasteiger partial charge in [-0.05, 0) is 20.8 Å². The summed E-state index contributed by atoms with van der Waals surface area (Å²) in [5.41, 5.74) is 2.38. The van der Waals surface area contributed by atoms with Gasteiger partial charge in [0.15, 0.2) is 0 Å². The number of likely N-dealkylation sites (N-methyl/N-ethyl adjacent to an activating group) is 1. The number of hydrogen-bond acceptors (Lipinski definition) is 4. The number of ether oxygens (including phenoxy) is 1. The summed E-state index contributed by atoms with van der Waals surface area (Å²) in [7, 11) is 3.77. The molecule has 0 saturated heterocycles. The van der Waals surface area contributed by atoms with E-state index >= 15 is 0 Å². The lowest BCUT2D eigenvalue weighted by Crippen LogP contribution is -2.38. The van der Waals surface area contributed by atoms with E-state index in [0.29, 0.717) is 12.1 Å². The molecule has 20 heavy (non-hydrogen) atoms. The largest absolute Gasteiger partial charge is 0.383 e. The van der Waals surface area contributed by atoms with Crippen molar-refractivity contribution in [2.45, 2.75) is 53.2 Å². The van der Waals surface area contributed by atoms with Gasteiger partial charge in [-0.2, -0.15) is 5.10 Å². The van der Waals surface area contributed by atoms with E-state index in [1.165, 1.54) is 11.4 Å². The third kappa shape index (κ3) is 3.96. The maximum atomic E-state index is 5.31. The zero-order valence-corrected chi connectivity index (χ0v) is 14.0. The lowest BCUT2D eigenvalue weighted by atomic mass is 10.2. The molecule has 5 nitrogen and oxygen atoms in total. The Kier molecular flexibility index (Phi) is 6.49. The first-order valence-electron chi connectivity index (χ1n) is 7.43. The van der Waals surface area contributed by atoms with E-state index in [4.69, 9.17) is 4.74 Å². The molecule has 1 N–H and O–H groups in total. The number of nitrogens with one attached hydrogen (secondary N) is 1. The van der Waals surface area contributed by atoms with Gasteiger partial charge in [0, 0.05) is 38.9 Å². The second-order valence-electron chi connectivity index (χ2n) is 5.64. The van der Waals surface area contributed by atoms with Crippen molar-refractivity contribution in [1.29, 1.82) is 0 Å². The number of hydrogen-bond donors (Lipinski definition) is 1. The van der Waals surface area contributed by atoms with Crippen molar-refractivity contribution < 1.29 is 4.74 Å². The summed E-state index contributed by atoms with van der Waals surface area (Å²) >= 11 is 0. The van der Waals surface area contributed by atoms with Gasteiger partial charge in [0.2, 0.25) is 0 Å². The third-order valence-electron chi connectivity index (χ3n) is 3.55. The zero-order chi connectivity index (χ0) is 15.3. The smallest absolute Gasteiger partial charge is 0.131 e. The van der Waals surface area contributed by atoms with Gasteiger partial charge in [-0.25, -0.2) is 0 Å². The van der Waals surface area contributed by atoms with Crippen LogP contribution >= 0.6 is 0 Å². The second kappa shape index (κ2) is 7.64. The van der Waals surface area contributed by atoms with Crippen LogP contribution in [0.25, 0.3) is 0 Å². The Hall–Kier alpha value is -1.07. The van der Waals surface area contributed by atoms with Crippen molar-refractivity contribution in [2.24, 2.45) is 7.05 Å². The Morgan fingerprint density at radius 2 is 2.00 bits per heavy atom. The topological polar surface area (TPSA) is 42.3 Å². The predicted molar refractivity (Wildman–Crippen MR) is 84.3 cm³/mol. The first kappa shape index (κ1) is 17.0. The Labute approximate surface area is 123 Å². The van der Waals surface area contributed by atoms with E-state index in [1.807, 2.05) is 11.7 Å². The standard InChI is InChI=1S/C15H30N4O/c1-8-19(12(4)10-20-7)15-14(9-16-11(2)3)13(5)17-18(15)6/h11-12,16H,8-10H2,1-7H3. The number of aromatic nitrogens is 2. The maximum Gasteiger partial charge on any atom is 0.131 e. The van der Waals surface area contributed by atoms with Crippen LogP contribution in [0, 0.1) is 6.92 Å². The normalized spacial score (nSPS) is 13.0. The Bertz CT molecular complexity index is 414. The highest BCUT2D eigenvalue weighted by Gasteiger charge is 2.22. The van der Waals surface area contributed by atoms with Gasteiger partial charge in [-0.3, -0.25) is 4.68 Å². The van der Waals surface area contributed by atoms with Crippen molar-refractivity contribution in [3.63, 3.8) is 0 Å². The van der Waals surface area contributed by atoms with Gasteiger partial charge in [-0.1, -0.05) is 13.8 Å².